The topological polar surface area (TPSA) is 15.3 Å². The molecule has 0 aromatic rings. The summed E-state index contributed by atoms with van der Waals surface area (Å²) in [4.78, 5) is 2.38. The van der Waals surface area contributed by atoms with Gasteiger partial charge in [0, 0.05) is 25.4 Å². The fourth-order valence-electron chi connectivity index (χ4n) is 0.923. The SMILES string of the molecule is CCNCCN(C)CCSCC. The second-order valence-corrected chi connectivity index (χ2v) is 4.25. The number of likely N-dealkylation sites (N-methyl/N-ethyl adjacent to an activating group) is 2. The van der Waals surface area contributed by atoms with E-state index in [2.05, 4.69) is 31.1 Å². The van der Waals surface area contributed by atoms with Crippen molar-refractivity contribution in [2.45, 2.75) is 13.8 Å². The molecule has 0 saturated heterocycles. The number of rotatable bonds is 8. The molecule has 0 atom stereocenters. The van der Waals surface area contributed by atoms with Crippen LogP contribution in [-0.4, -0.2) is 49.6 Å². The predicted octanol–water partition coefficient (Wildman–Crippen LogP) is 1.28. The van der Waals surface area contributed by atoms with E-state index in [-0.39, 0.29) is 0 Å². The van der Waals surface area contributed by atoms with Crippen molar-refractivity contribution < 1.29 is 0 Å². The van der Waals surface area contributed by atoms with E-state index >= 15 is 0 Å². The Bertz CT molecular complexity index is 78.6. The predicted molar refractivity (Wildman–Crippen MR) is 59.0 cm³/mol. The normalized spacial score (nSPS) is 11.0. The monoisotopic (exact) mass is 190 g/mol. The Morgan fingerprint density at radius 1 is 1.25 bits per heavy atom. The van der Waals surface area contributed by atoms with Gasteiger partial charge in [0.15, 0.2) is 0 Å². The standard InChI is InChI=1S/C9H22N2S/c1-4-10-6-7-11(3)8-9-12-5-2/h10H,4-9H2,1-3H3. The van der Waals surface area contributed by atoms with Crippen LogP contribution in [0.5, 0.6) is 0 Å². The molecule has 0 spiro atoms. The summed E-state index contributed by atoms with van der Waals surface area (Å²) in [6, 6.07) is 0. The van der Waals surface area contributed by atoms with Crippen molar-refractivity contribution in [3.05, 3.63) is 0 Å². The third kappa shape index (κ3) is 8.37. The van der Waals surface area contributed by atoms with E-state index in [1.54, 1.807) is 0 Å². The highest BCUT2D eigenvalue weighted by molar-refractivity contribution is 7.99. The van der Waals surface area contributed by atoms with Crippen molar-refractivity contribution in [3.8, 4) is 0 Å². The molecule has 3 heteroatoms. The first-order valence-corrected chi connectivity index (χ1v) is 5.93. The molecule has 12 heavy (non-hydrogen) atoms. The zero-order valence-corrected chi connectivity index (χ0v) is 9.41. The average Bonchev–Trinajstić information content (AvgIpc) is 2.06. The molecule has 0 rings (SSSR count). The summed E-state index contributed by atoms with van der Waals surface area (Å²) in [6.45, 7) is 8.93. The van der Waals surface area contributed by atoms with Crippen molar-refractivity contribution in [2.75, 3.05) is 44.7 Å². The van der Waals surface area contributed by atoms with Crippen LogP contribution in [0, 0.1) is 0 Å². The smallest absolute Gasteiger partial charge is 0.0104 e. The second-order valence-electron chi connectivity index (χ2n) is 2.85. The summed E-state index contributed by atoms with van der Waals surface area (Å²) in [5.41, 5.74) is 0. The zero-order valence-electron chi connectivity index (χ0n) is 8.60. The van der Waals surface area contributed by atoms with Crippen molar-refractivity contribution in [3.63, 3.8) is 0 Å². The minimum Gasteiger partial charge on any atom is -0.316 e. The Labute approximate surface area is 81.1 Å². The minimum atomic E-state index is 1.08. The van der Waals surface area contributed by atoms with Crippen LogP contribution >= 0.6 is 11.8 Å². The molecule has 0 aromatic carbocycles. The zero-order chi connectivity index (χ0) is 9.23. The van der Waals surface area contributed by atoms with E-state index in [0.717, 1.165) is 19.6 Å². The van der Waals surface area contributed by atoms with Crippen molar-refractivity contribution in [1.82, 2.24) is 10.2 Å². The summed E-state index contributed by atoms with van der Waals surface area (Å²) < 4.78 is 0. The van der Waals surface area contributed by atoms with Crippen LogP contribution in [0.15, 0.2) is 0 Å². The lowest BCUT2D eigenvalue weighted by Gasteiger charge is -2.15. The van der Waals surface area contributed by atoms with Gasteiger partial charge in [0.25, 0.3) is 0 Å². The summed E-state index contributed by atoms with van der Waals surface area (Å²) in [6.07, 6.45) is 0. The maximum absolute atomic E-state index is 3.32. The van der Waals surface area contributed by atoms with Gasteiger partial charge < -0.3 is 10.2 Å². The second kappa shape index (κ2) is 9.36. The third-order valence-electron chi connectivity index (χ3n) is 1.74. The van der Waals surface area contributed by atoms with Crippen LogP contribution in [-0.2, 0) is 0 Å². The molecule has 0 aliphatic carbocycles. The number of hydrogen-bond donors (Lipinski definition) is 1. The van der Waals surface area contributed by atoms with E-state index in [0.29, 0.717) is 0 Å². The van der Waals surface area contributed by atoms with Gasteiger partial charge in [0.2, 0.25) is 0 Å². The van der Waals surface area contributed by atoms with E-state index in [9.17, 15) is 0 Å². The number of hydrogen-bond acceptors (Lipinski definition) is 3. The van der Waals surface area contributed by atoms with E-state index in [1.165, 1.54) is 18.1 Å². The molecule has 0 unspecified atom stereocenters. The summed E-state index contributed by atoms with van der Waals surface area (Å²) in [5, 5.41) is 3.32. The van der Waals surface area contributed by atoms with Gasteiger partial charge in [-0.3, -0.25) is 0 Å². The highest BCUT2D eigenvalue weighted by atomic mass is 32.2. The largest absolute Gasteiger partial charge is 0.316 e. The van der Waals surface area contributed by atoms with Gasteiger partial charge in [0.05, 0.1) is 0 Å². The molecule has 74 valence electrons. The highest BCUT2D eigenvalue weighted by Gasteiger charge is 1.95. The number of thioether (sulfide) groups is 1. The van der Waals surface area contributed by atoms with Gasteiger partial charge in [-0.25, -0.2) is 0 Å². The van der Waals surface area contributed by atoms with Crippen molar-refractivity contribution >= 4 is 11.8 Å². The fourth-order valence-corrected chi connectivity index (χ4v) is 1.65. The van der Waals surface area contributed by atoms with Crippen LogP contribution in [0.1, 0.15) is 13.8 Å². The Morgan fingerprint density at radius 3 is 2.58 bits per heavy atom. The molecule has 0 amide bonds. The summed E-state index contributed by atoms with van der Waals surface area (Å²) >= 11 is 2.01. The van der Waals surface area contributed by atoms with Crippen molar-refractivity contribution in [1.29, 1.82) is 0 Å². The quantitative estimate of drug-likeness (QED) is 0.581. The molecular weight excluding hydrogens is 168 g/mol. The molecule has 0 saturated carbocycles. The Balaban J connectivity index is 3.04. The molecule has 0 radical (unpaired) electrons. The van der Waals surface area contributed by atoms with E-state index < -0.39 is 0 Å². The molecule has 0 fully saturated rings. The van der Waals surface area contributed by atoms with Gasteiger partial charge in [-0.05, 0) is 19.3 Å². The Kier molecular flexibility index (Phi) is 9.57. The molecular formula is C9H22N2S. The Morgan fingerprint density at radius 2 is 2.00 bits per heavy atom. The van der Waals surface area contributed by atoms with Gasteiger partial charge >= 0.3 is 0 Å². The summed E-state index contributed by atoms with van der Waals surface area (Å²) in [7, 11) is 2.19. The fraction of sp³-hybridized carbons (Fsp3) is 1.00. The van der Waals surface area contributed by atoms with Crippen LogP contribution in [0.25, 0.3) is 0 Å². The lowest BCUT2D eigenvalue weighted by molar-refractivity contribution is 0.353. The van der Waals surface area contributed by atoms with Gasteiger partial charge in [-0.2, -0.15) is 11.8 Å². The maximum Gasteiger partial charge on any atom is 0.0104 e. The first kappa shape index (κ1) is 12.3. The van der Waals surface area contributed by atoms with Gasteiger partial charge in [-0.15, -0.1) is 0 Å². The van der Waals surface area contributed by atoms with Crippen LogP contribution in [0.4, 0.5) is 0 Å². The first-order valence-electron chi connectivity index (χ1n) is 4.78. The number of nitrogens with one attached hydrogen (secondary N) is 1. The third-order valence-corrected chi connectivity index (χ3v) is 2.62. The highest BCUT2D eigenvalue weighted by Crippen LogP contribution is 1.97. The van der Waals surface area contributed by atoms with Crippen LogP contribution in [0.2, 0.25) is 0 Å². The van der Waals surface area contributed by atoms with Crippen molar-refractivity contribution in [2.24, 2.45) is 0 Å². The lowest BCUT2D eigenvalue weighted by atomic mass is 10.5. The van der Waals surface area contributed by atoms with Gasteiger partial charge in [0.1, 0.15) is 0 Å². The summed E-state index contributed by atoms with van der Waals surface area (Å²) in [5.74, 6) is 2.50. The molecule has 0 aliphatic heterocycles. The van der Waals surface area contributed by atoms with Gasteiger partial charge in [-0.1, -0.05) is 13.8 Å². The molecule has 2 nitrogen and oxygen atoms in total. The molecule has 0 aliphatic rings. The number of nitrogens with zero attached hydrogens (tertiary/aromatic N) is 1. The lowest BCUT2D eigenvalue weighted by Crippen LogP contribution is -2.30. The first-order chi connectivity index (χ1) is 5.81. The maximum atomic E-state index is 3.32. The molecule has 0 bridgehead atoms. The average molecular weight is 190 g/mol. The van der Waals surface area contributed by atoms with Crippen LogP contribution in [0.3, 0.4) is 0 Å². The minimum absolute atomic E-state index is 1.08. The molecule has 1 N–H and O–H groups in total. The van der Waals surface area contributed by atoms with Crippen LogP contribution < -0.4 is 5.32 Å². The van der Waals surface area contributed by atoms with E-state index in [4.69, 9.17) is 0 Å². The van der Waals surface area contributed by atoms with E-state index in [1.807, 2.05) is 11.8 Å². The molecule has 0 aromatic heterocycles. The molecule has 0 heterocycles. The Hall–Kier alpha value is 0.270.